The van der Waals surface area contributed by atoms with Crippen LogP contribution in [0.15, 0.2) is 0 Å². The minimum absolute atomic E-state index is 0.0206. The summed E-state index contributed by atoms with van der Waals surface area (Å²) >= 11 is 0. The Bertz CT molecular complexity index is 254. The van der Waals surface area contributed by atoms with Gasteiger partial charge in [-0.3, -0.25) is 4.79 Å². The molecule has 80 valence electrons. The Morgan fingerprint density at radius 3 is 2.79 bits per heavy atom. The Balaban J connectivity index is 2.12. The van der Waals surface area contributed by atoms with Crippen LogP contribution in [0.5, 0.6) is 0 Å². The van der Waals surface area contributed by atoms with Gasteiger partial charge in [-0.2, -0.15) is 0 Å². The molecule has 3 nitrogen and oxygen atoms in total. The van der Waals surface area contributed by atoms with Gasteiger partial charge >= 0.3 is 0 Å². The van der Waals surface area contributed by atoms with Crippen LogP contribution in [0, 0.1) is 5.41 Å². The molecule has 2 atom stereocenters. The Morgan fingerprint density at radius 2 is 2.14 bits per heavy atom. The molecular formula is C11H19NO2. The second-order valence-corrected chi connectivity index (χ2v) is 5.15. The summed E-state index contributed by atoms with van der Waals surface area (Å²) in [6.07, 6.45) is 6.47. The van der Waals surface area contributed by atoms with Crippen molar-refractivity contribution in [3.8, 4) is 0 Å². The van der Waals surface area contributed by atoms with Gasteiger partial charge in [-0.25, -0.2) is 0 Å². The molecule has 2 unspecified atom stereocenters. The van der Waals surface area contributed by atoms with Crippen LogP contribution >= 0.6 is 0 Å². The molecule has 0 aromatic heterocycles. The fourth-order valence-corrected chi connectivity index (χ4v) is 3.38. The lowest BCUT2D eigenvalue weighted by Crippen LogP contribution is -2.48. The maximum atomic E-state index is 11.1. The molecule has 0 spiro atoms. The summed E-state index contributed by atoms with van der Waals surface area (Å²) in [5.74, 6) is 0.0700. The summed E-state index contributed by atoms with van der Waals surface area (Å²) in [5.41, 5.74) is 0.146. The van der Waals surface area contributed by atoms with Crippen molar-refractivity contribution in [1.82, 2.24) is 5.32 Å². The molecule has 2 aliphatic rings. The highest BCUT2D eigenvalue weighted by Gasteiger charge is 2.50. The molecule has 2 saturated carbocycles. The molecule has 0 aromatic carbocycles. The average molecular weight is 197 g/mol. The zero-order valence-corrected chi connectivity index (χ0v) is 8.81. The van der Waals surface area contributed by atoms with Crippen molar-refractivity contribution >= 4 is 5.91 Å². The molecule has 3 heteroatoms. The summed E-state index contributed by atoms with van der Waals surface area (Å²) < 4.78 is 0. The predicted molar refractivity (Wildman–Crippen MR) is 53.8 cm³/mol. The zero-order valence-electron chi connectivity index (χ0n) is 8.81. The molecule has 2 rings (SSSR count). The topological polar surface area (TPSA) is 49.3 Å². The Morgan fingerprint density at radius 1 is 1.36 bits per heavy atom. The average Bonchev–Trinajstić information content (AvgIpc) is 2.38. The van der Waals surface area contributed by atoms with Gasteiger partial charge in [-0.1, -0.05) is 6.42 Å². The van der Waals surface area contributed by atoms with E-state index in [0.29, 0.717) is 0 Å². The first-order valence-electron chi connectivity index (χ1n) is 5.50. The predicted octanol–water partition coefficient (Wildman–Crippen LogP) is 1.21. The highest BCUT2D eigenvalue weighted by Crippen LogP contribution is 2.53. The summed E-state index contributed by atoms with van der Waals surface area (Å²) in [4.78, 5) is 11.1. The van der Waals surface area contributed by atoms with Crippen LogP contribution in [-0.2, 0) is 4.79 Å². The van der Waals surface area contributed by atoms with E-state index in [0.717, 1.165) is 38.5 Å². The number of carbonyl (C=O) groups is 1. The number of aliphatic hydroxyl groups excluding tert-OH is 1. The lowest BCUT2D eigenvalue weighted by atomic mass is 9.73. The number of rotatable bonds is 2. The van der Waals surface area contributed by atoms with Gasteiger partial charge in [-0.05, 0) is 37.5 Å². The van der Waals surface area contributed by atoms with Gasteiger partial charge in [0.25, 0.3) is 0 Å². The summed E-state index contributed by atoms with van der Waals surface area (Å²) in [7, 11) is 0. The fourth-order valence-electron chi connectivity index (χ4n) is 3.38. The van der Waals surface area contributed by atoms with Gasteiger partial charge in [0.2, 0.25) is 5.91 Å². The van der Waals surface area contributed by atoms with Crippen LogP contribution < -0.4 is 5.32 Å². The summed E-state index contributed by atoms with van der Waals surface area (Å²) in [6, 6.07) is 0. The number of amides is 1. The first-order chi connectivity index (χ1) is 6.60. The fraction of sp³-hybridized carbons (Fsp3) is 0.909. The van der Waals surface area contributed by atoms with Crippen LogP contribution in [0.2, 0.25) is 0 Å². The molecule has 0 saturated heterocycles. The largest absolute Gasteiger partial charge is 0.396 e. The van der Waals surface area contributed by atoms with E-state index in [1.807, 2.05) is 0 Å². The smallest absolute Gasteiger partial charge is 0.217 e. The number of carbonyl (C=O) groups excluding carboxylic acids is 1. The first kappa shape index (κ1) is 9.97. The highest BCUT2D eigenvalue weighted by molar-refractivity contribution is 5.74. The van der Waals surface area contributed by atoms with Gasteiger partial charge < -0.3 is 10.4 Å². The third-order valence-corrected chi connectivity index (χ3v) is 3.99. The van der Waals surface area contributed by atoms with Crippen molar-refractivity contribution in [3.63, 3.8) is 0 Å². The molecule has 1 amide bonds. The maximum Gasteiger partial charge on any atom is 0.217 e. The van der Waals surface area contributed by atoms with Gasteiger partial charge in [0.05, 0.1) is 0 Å². The third-order valence-electron chi connectivity index (χ3n) is 3.99. The van der Waals surface area contributed by atoms with E-state index in [1.54, 1.807) is 6.92 Å². The maximum absolute atomic E-state index is 11.1. The highest BCUT2D eigenvalue weighted by atomic mass is 16.3. The van der Waals surface area contributed by atoms with Gasteiger partial charge in [0.15, 0.2) is 0 Å². The quantitative estimate of drug-likeness (QED) is 0.699. The van der Waals surface area contributed by atoms with Crippen molar-refractivity contribution in [1.29, 1.82) is 0 Å². The monoisotopic (exact) mass is 197 g/mol. The van der Waals surface area contributed by atoms with Crippen LogP contribution in [0.4, 0.5) is 0 Å². The third kappa shape index (κ3) is 1.54. The molecule has 2 aliphatic carbocycles. The molecular weight excluding hydrogens is 178 g/mol. The number of hydrogen-bond donors (Lipinski definition) is 2. The molecule has 0 aliphatic heterocycles. The van der Waals surface area contributed by atoms with Crippen LogP contribution in [0.1, 0.15) is 45.4 Å². The minimum Gasteiger partial charge on any atom is -0.396 e. The van der Waals surface area contributed by atoms with Crippen LogP contribution in [0.3, 0.4) is 0 Å². The van der Waals surface area contributed by atoms with E-state index in [9.17, 15) is 9.90 Å². The number of nitrogens with one attached hydrogen (secondary N) is 1. The van der Waals surface area contributed by atoms with Gasteiger partial charge in [-0.15, -0.1) is 0 Å². The number of fused-ring (bicyclic) bond motifs is 2. The molecule has 0 radical (unpaired) electrons. The molecule has 0 aromatic rings. The second kappa shape index (κ2) is 3.23. The van der Waals surface area contributed by atoms with Crippen molar-refractivity contribution < 1.29 is 9.90 Å². The second-order valence-electron chi connectivity index (χ2n) is 5.15. The van der Waals surface area contributed by atoms with E-state index in [-0.39, 0.29) is 23.5 Å². The van der Waals surface area contributed by atoms with Crippen molar-refractivity contribution in [2.45, 2.75) is 51.0 Å². The van der Waals surface area contributed by atoms with Crippen molar-refractivity contribution in [2.24, 2.45) is 5.41 Å². The van der Waals surface area contributed by atoms with E-state index < -0.39 is 0 Å². The van der Waals surface area contributed by atoms with E-state index in [2.05, 4.69) is 5.32 Å². The molecule has 2 bridgehead atoms. The van der Waals surface area contributed by atoms with Crippen molar-refractivity contribution in [3.05, 3.63) is 0 Å². The van der Waals surface area contributed by atoms with E-state index in [4.69, 9.17) is 0 Å². The zero-order chi connectivity index (χ0) is 10.2. The van der Waals surface area contributed by atoms with Crippen LogP contribution in [-0.4, -0.2) is 23.2 Å². The Labute approximate surface area is 84.9 Å². The normalized spacial score (nSPS) is 41.0. The molecule has 0 heterocycles. The first-order valence-corrected chi connectivity index (χ1v) is 5.50. The molecule has 2 fully saturated rings. The molecule has 2 N–H and O–H groups in total. The Kier molecular flexibility index (Phi) is 2.30. The van der Waals surface area contributed by atoms with Crippen molar-refractivity contribution in [2.75, 3.05) is 6.61 Å². The minimum atomic E-state index is 0.0206. The molecule has 14 heavy (non-hydrogen) atoms. The standard InChI is InChI=1S/C11H19NO2/c1-9(14)12-11-4-2-3-10(7-11,8-13)5-6-11/h13H,2-8H2,1H3,(H,12,14). The summed E-state index contributed by atoms with van der Waals surface area (Å²) in [5, 5.41) is 12.5. The van der Waals surface area contributed by atoms with E-state index in [1.165, 1.54) is 0 Å². The Hall–Kier alpha value is -0.570. The number of hydrogen-bond acceptors (Lipinski definition) is 2. The van der Waals surface area contributed by atoms with E-state index >= 15 is 0 Å². The lowest BCUT2D eigenvalue weighted by Gasteiger charge is -2.38. The SMILES string of the molecule is CC(=O)NC12CCCC(CO)(CC1)C2. The van der Waals surface area contributed by atoms with Crippen LogP contribution in [0.25, 0.3) is 0 Å². The lowest BCUT2D eigenvalue weighted by molar-refractivity contribution is -0.121. The number of aliphatic hydroxyl groups is 1. The summed E-state index contributed by atoms with van der Waals surface area (Å²) in [6.45, 7) is 1.87. The van der Waals surface area contributed by atoms with Gasteiger partial charge in [0.1, 0.15) is 0 Å². The van der Waals surface area contributed by atoms with Gasteiger partial charge in [0, 0.05) is 19.1 Å².